The zero-order valence-corrected chi connectivity index (χ0v) is 18.0. The topological polar surface area (TPSA) is 0 Å². The van der Waals surface area contributed by atoms with E-state index in [-0.39, 0.29) is 50.7 Å². The molecular formula is C20H18Cl2Hf. The van der Waals surface area contributed by atoms with Crippen molar-refractivity contribution in [3.63, 3.8) is 0 Å². The molecule has 0 heterocycles. The minimum absolute atomic E-state index is 0. The second-order valence-electron chi connectivity index (χ2n) is 5.89. The molecule has 2 aromatic carbocycles. The SMILES string of the molecule is CC(C1C=Cc2ccccc21)C1C=Cc2ccccc21.[Cl-].[Cl-].[Hf+2]. The molecule has 2 atom stereocenters. The maximum atomic E-state index is 2.38. The van der Waals surface area contributed by atoms with Crippen LogP contribution in [0.15, 0.2) is 60.7 Å². The molecule has 0 bridgehead atoms. The van der Waals surface area contributed by atoms with E-state index in [1.54, 1.807) is 0 Å². The van der Waals surface area contributed by atoms with Gasteiger partial charge < -0.3 is 24.8 Å². The largest absolute Gasteiger partial charge is 2.00 e. The predicted molar refractivity (Wildman–Crippen MR) is 85.6 cm³/mol. The van der Waals surface area contributed by atoms with Crippen LogP contribution in [0.5, 0.6) is 0 Å². The standard InChI is InChI=1S/C20H18.2ClH.Hf/c1-14(17-12-10-15-6-2-4-8-19(15)17)18-13-11-16-7-3-5-9-20(16)18;;;/h2-14,17-18H,1H3;2*1H;/q;;;+2/p-2. The van der Waals surface area contributed by atoms with Crippen LogP contribution in [-0.4, -0.2) is 0 Å². The minimum atomic E-state index is 0. The van der Waals surface area contributed by atoms with Gasteiger partial charge >= 0.3 is 25.8 Å². The van der Waals surface area contributed by atoms with Crippen molar-refractivity contribution in [1.29, 1.82) is 0 Å². The average molecular weight is 508 g/mol. The fraction of sp³-hybridized carbons (Fsp3) is 0.200. The summed E-state index contributed by atoms with van der Waals surface area (Å²) in [5, 5.41) is 0. The van der Waals surface area contributed by atoms with E-state index in [1.807, 2.05) is 0 Å². The van der Waals surface area contributed by atoms with E-state index in [1.165, 1.54) is 22.3 Å². The summed E-state index contributed by atoms with van der Waals surface area (Å²) >= 11 is 0. The van der Waals surface area contributed by atoms with E-state index in [4.69, 9.17) is 0 Å². The van der Waals surface area contributed by atoms with Crippen molar-refractivity contribution < 1.29 is 50.7 Å². The van der Waals surface area contributed by atoms with E-state index in [0.717, 1.165) is 0 Å². The molecule has 0 fully saturated rings. The van der Waals surface area contributed by atoms with Crippen LogP contribution in [0.1, 0.15) is 41.0 Å². The Morgan fingerprint density at radius 2 is 1.09 bits per heavy atom. The number of fused-ring (bicyclic) bond motifs is 2. The molecule has 0 saturated heterocycles. The molecule has 0 spiro atoms. The molecule has 0 N–H and O–H groups in total. The smallest absolute Gasteiger partial charge is 1.00 e. The maximum absolute atomic E-state index is 2.38. The molecule has 0 aliphatic heterocycles. The molecule has 4 rings (SSSR count). The second-order valence-corrected chi connectivity index (χ2v) is 5.89. The van der Waals surface area contributed by atoms with Crippen molar-refractivity contribution in [2.75, 3.05) is 0 Å². The molecule has 2 unspecified atom stereocenters. The molecular weight excluding hydrogens is 490 g/mol. The maximum Gasteiger partial charge on any atom is 2.00 e. The number of hydrogen-bond acceptors (Lipinski definition) is 0. The first kappa shape index (κ1) is 20.4. The van der Waals surface area contributed by atoms with Crippen LogP contribution in [0.4, 0.5) is 0 Å². The van der Waals surface area contributed by atoms with Gasteiger partial charge in [-0.15, -0.1) is 0 Å². The van der Waals surface area contributed by atoms with Gasteiger partial charge in [-0.05, 0) is 28.2 Å². The van der Waals surface area contributed by atoms with Gasteiger partial charge in [-0.1, -0.05) is 79.8 Å². The Morgan fingerprint density at radius 3 is 1.52 bits per heavy atom. The Balaban J connectivity index is 0.000000882. The number of halogens is 2. The average Bonchev–Trinajstić information content (AvgIpc) is 3.11. The van der Waals surface area contributed by atoms with Crippen molar-refractivity contribution in [3.8, 4) is 0 Å². The summed E-state index contributed by atoms with van der Waals surface area (Å²) in [6.45, 7) is 2.38. The fourth-order valence-corrected chi connectivity index (χ4v) is 3.69. The van der Waals surface area contributed by atoms with Crippen LogP contribution in [0, 0.1) is 5.92 Å². The molecule has 0 nitrogen and oxygen atoms in total. The van der Waals surface area contributed by atoms with Crippen LogP contribution in [0.3, 0.4) is 0 Å². The first-order valence-corrected chi connectivity index (χ1v) is 7.39. The quantitative estimate of drug-likeness (QED) is 0.470. The summed E-state index contributed by atoms with van der Waals surface area (Å²) in [6, 6.07) is 17.6. The molecule has 116 valence electrons. The molecule has 2 aliphatic rings. The van der Waals surface area contributed by atoms with Crippen LogP contribution in [0.2, 0.25) is 0 Å². The molecule has 0 amide bonds. The number of benzene rings is 2. The van der Waals surface area contributed by atoms with E-state index < -0.39 is 0 Å². The molecule has 2 aromatic rings. The normalized spacial score (nSPS) is 20.6. The Hall–Kier alpha value is -0.630. The Labute approximate surface area is 169 Å². The molecule has 0 aromatic heterocycles. The van der Waals surface area contributed by atoms with Crippen LogP contribution < -0.4 is 24.8 Å². The van der Waals surface area contributed by atoms with E-state index >= 15 is 0 Å². The Kier molecular flexibility index (Phi) is 7.51. The molecule has 23 heavy (non-hydrogen) atoms. The van der Waals surface area contributed by atoms with Gasteiger partial charge in [0.25, 0.3) is 0 Å². The van der Waals surface area contributed by atoms with Crippen molar-refractivity contribution in [1.82, 2.24) is 0 Å². The van der Waals surface area contributed by atoms with Crippen molar-refractivity contribution in [2.24, 2.45) is 5.92 Å². The van der Waals surface area contributed by atoms with Gasteiger partial charge in [-0.25, -0.2) is 0 Å². The first-order valence-electron chi connectivity index (χ1n) is 7.39. The third-order valence-corrected chi connectivity index (χ3v) is 4.81. The third kappa shape index (κ3) is 3.57. The molecule has 3 heteroatoms. The summed E-state index contributed by atoms with van der Waals surface area (Å²) in [6.07, 6.45) is 9.32. The summed E-state index contributed by atoms with van der Waals surface area (Å²) in [7, 11) is 0. The Morgan fingerprint density at radius 1 is 0.696 bits per heavy atom. The molecule has 0 saturated carbocycles. The Bertz CT molecular complexity index is 660. The third-order valence-electron chi connectivity index (χ3n) is 4.81. The molecule has 0 radical (unpaired) electrons. The second kappa shape index (κ2) is 8.46. The van der Waals surface area contributed by atoms with Gasteiger partial charge in [-0.2, -0.15) is 0 Å². The monoisotopic (exact) mass is 508 g/mol. The summed E-state index contributed by atoms with van der Waals surface area (Å²) in [5.74, 6) is 1.66. The first-order chi connectivity index (χ1) is 9.84. The molecule has 2 aliphatic carbocycles. The van der Waals surface area contributed by atoms with Crippen LogP contribution in [0.25, 0.3) is 12.2 Å². The number of rotatable bonds is 2. The van der Waals surface area contributed by atoms with Crippen LogP contribution in [-0.2, 0) is 25.8 Å². The predicted octanol–water partition coefficient (Wildman–Crippen LogP) is -0.751. The van der Waals surface area contributed by atoms with Crippen molar-refractivity contribution in [2.45, 2.75) is 18.8 Å². The summed E-state index contributed by atoms with van der Waals surface area (Å²) in [5.41, 5.74) is 5.75. The van der Waals surface area contributed by atoms with Gasteiger partial charge in [-0.3, -0.25) is 0 Å². The zero-order valence-electron chi connectivity index (χ0n) is 12.9. The van der Waals surface area contributed by atoms with Gasteiger partial charge in [0.05, 0.1) is 0 Å². The minimum Gasteiger partial charge on any atom is -1.00 e. The van der Waals surface area contributed by atoms with Gasteiger partial charge in [0, 0.05) is 11.8 Å². The summed E-state index contributed by atoms with van der Waals surface area (Å²) in [4.78, 5) is 0. The fourth-order valence-electron chi connectivity index (χ4n) is 3.69. The number of hydrogen-bond donors (Lipinski definition) is 0. The number of allylic oxidation sites excluding steroid dienone is 2. The van der Waals surface area contributed by atoms with Crippen molar-refractivity contribution >= 4 is 12.2 Å². The van der Waals surface area contributed by atoms with Crippen molar-refractivity contribution in [3.05, 3.63) is 82.9 Å². The van der Waals surface area contributed by atoms with E-state index in [0.29, 0.717) is 17.8 Å². The van der Waals surface area contributed by atoms with E-state index in [2.05, 4.69) is 79.8 Å². The van der Waals surface area contributed by atoms with Gasteiger partial charge in [0.15, 0.2) is 0 Å². The van der Waals surface area contributed by atoms with Crippen LogP contribution >= 0.6 is 0 Å². The zero-order chi connectivity index (χ0) is 13.5. The van der Waals surface area contributed by atoms with Gasteiger partial charge in [0.1, 0.15) is 0 Å². The summed E-state index contributed by atoms with van der Waals surface area (Å²) < 4.78 is 0. The van der Waals surface area contributed by atoms with Gasteiger partial charge in [0.2, 0.25) is 0 Å². The van der Waals surface area contributed by atoms with E-state index in [9.17, 15) is 0 Å².